The van der Waals surface area contributed by atoms with E-state index >= 15 is 0 Å². The van der Waals surface area contributed by atoms with E-state index < -0.39 is 6.43 Å². The molecular formula is C8H12F2N2S. The van der Waals surface area contributed by atoms with E-state index in [-0.39, 0.29) is 6.54 Å². The molecule has 0 aliphatic rings. The summed E-state index contributed by atoms with van der Waals surface area (Å²) in [6.07, 6.45) is 0.361. The highest BCUT2D eigenvalue weighted by Gasteiger charge is 2.03. The number of nitrogens with zero attached hydrogens (tertiary/aromatic N) is 1. The molecule has 0 fully saturated rings. The van der Waals surface area contributed by atoms with Crippen molar-refractivity contribution in [1.82, 2.24) is 10.3 Å². The van der Waals surface area contributed by atoms with Crippen LogP contribution in [0.4, 0.5) is 8.78 Å². The van der Waals surface area contributed by atoms with E-state index in [1.165, 1.54) is 0 Å². The zero-order valence-electron chi connectivity index (χ0n) is 7.39. The Morgan fingerprint density at radius 1 is 1.62 bits per heavy atom. The third-order valence-electron chi connectivity index (χ3n) is 1.50. The molecule has 74 valence electrons. The summed E-state index contributed by atoms with van der Waals surface area (Å²) in [5, 5.41) is 3.71. The van der Waals surface area contributed by atoms with E-state index in [9.17, 15) is 8.78 Å². The van der Waals surface area contributed by atoms with E-state index in [0.29, 0.717) is 6.54 Å². The van der Waals surface area contributed by atoms with Gasteiger partial charge in [0.15, 0.2) is 0 Å². The van der Waals surface area contributed by atoms with Crippen molar-refractivity contribution in [3.63, 3.8) is 0 Å². The first-order valence-electron chi connectivity index (χ1n) is 4.14. The Bertz CT molecular complexity index is 250. The summed E-state index contributed by atoms with van der Waals surface area (Å²) in [6.45, 7) is 2.26. The van der Waals surface area contributed by atoms with Crippen LogP contribution < -0.4 is 5.32 Å². The van der Waals surface area contributed by atoms with Gasteiger partial charge in [0.25, 0.3) is 6.43 Å². The van der Waals surface area contributed by atoms with E-state index in [0.717, 1.165) is 16.3 Å². The van der Waals surface area contributed by atoms with Gasteiger partial charge in [0.2, 0.25) is 0 Å². The molecule has 0 amide bonds. The fourth-order valence-electron chi connectivity index (χ4n) is 0.898. The van der Waals surface area contributed by atoms with Gasteiger partial charge in [-0.3, -0.25) is 0 Å². The molecule has 1 aromatic heterocycles. The molecule has 0 spiro atoms. The van der Waals surface area contributed by atoms with Gasteiger partial charge in [0.1, 0.15) is 0 Å². The Balaban J connectivity index is 2.28. The van der Waals surface area contributed by atoms with Crippen LogP contribution in [0.15, 0.2) is 6.20 Å². The molecular weight excluding hydrogens is 194 g/mol. The maximum absolute atomic E-state index is 11.7. The largest absolute Gasteiger partial charge is 0.306 e. The minimum Gasteiger partial charge on any atom is -0.306 e. The van der Waals surface area contributed by atoms with Crippen LogP contribution >= 0.6 is 11.3 Å². The lowest BCUT2D eigenvalue weighted by Gasteiger charge is -1.99. The van der Waals surface area contributed by atoms with Crippen LogP contribution in [0.3, 0.4) is 0 Å². The zero-order valence-corrected chi connectivity index (χ0v) is 8.20. The van der Waals surface area contributed by atoms with Gasteiger partial charge in [-0.05, 0) is 6.42 Å². The van der Waals surface area contributed by atoms with Crippen molar-refractivity contribution in [2.45, 2.75) is 26.3 Å². The van der Waals surface area contributed by atoms with Gasteiger partial charge >= 0.3 is 0 Å². The number of hydrogen-bond donors (Lipinski definition) is 1. The first kappa shape index (κ1) is 10.5. The third-order valence-corrected chi connectivity index (χ3v) is 2.64. The second kappa shape index (κ2) is 5.24. The summed E-state index contributed by atoms with van der Waals surface area (Å²) in [5.74, 6) is 0. The predicted molar refractivity (Wildman–Crippen MR) is 49.2 cm³/mol. The fourth-order valence-corrected chi connectivity index (χ4v) is 1.73. The van der Waals surface area contributed by atoms with Crippen molar-refractivity contribution < 1.29 is 8.78 Å². The summed E-state index contributed by atoms with van der Waals surface area (Å²) in [4.78, 5) is 5.14. The van der Waals surface area contributed by atoms with Crippen molar-refractivity contribution in [3.05, 3.63) is 16.1 Å². The van der Waals surface area contributed by atoms with Crippen LogP contribution in [0, 0.1) is 0 Å². The fraction of sp³-hybridized carbons (Fsp3) is 0.625. The summed E-state index contributed by atoms with van der Waals surface area (Å²) in [6, 6.07) is 0. The first-order chi connectivity index (χ1) is 6.22. The van der Waals surface area contributed by atoms with Crippen LogP contribution in [-0.2, 0) is 13.0 Å². The number of aromatic nitrogens is 1. The smallest absolute Gasteiger partial charge is 0.250 e. The summed E-state index contributed by atoms with van der Waals surface area (Å²) < 4.78 is 23.5. The van der Waals surface area contributed by atoms with Crippen molar-refractivity contribution in [2.75, 3.05) is 6.54 Å². The molecule has 1 aromatic rings. The quantitative estimate of drug-likeness (QED) is 0.797. The molecule has 5 heteroatoms. The van der Waals surface area contributed by atoms with Crippen LogP contribution in [-0.4, -0.2) is 18.0 Å². The van der Waals surface area contributed by atoms with Crippen LogP contribution in [0.25, 0.3) is 0 Å². The minimum absolute atomic E-state index is 0.251. The van der Waals surface area contributed by atoms with Crippen molar-refractivity contribution in [1.29, 1.82) is 0 Å². The lowest BCUT2D eigenvalue weighted by molar-refractivity contribution is 0.145. The van der Waals surface area contributed by atoms with Gasteiger partial charge < -0.3 is 5.32 Å². The van der Waals surface area contributed by atoms with Gasteiger partial charge in [-0.25, -0.2) is 13.8 Å². The Hall–Kier alpha value is -0.550. The minimum atomic E-state index is -2.28. The Kier molecular flexibility index (Phi) is 4.24. The SMILES string of the molecule is CCc1ncc(CNCC(F)F)s1. The van der Waals surface area contributed by atoms with Gasteiger partial charge in [0, 0.05) is 17.6 Å². The maximum atomic E-state index is 11.7. The Morgan fingerprint density at radius 3 is 2.92 bits per heavy atom. The van der Waals surface area contributed by atoms with Crippen LogP contribution in [0.2, 0.25) is 0 Å². The van der Waals surface area contributed by atoms with Crippen molar-refractivity contribution >= 4 is 11.3 Å². The molecule has 0 saturated heterocycles. The summed E-state index contributed by atoms with van der Waals surface area (Å²) in [5.41, 5.74) is 0. The molecule has 13 heavy (non-hydrogen) atoms. The highest BCUT2D eigenvalue weighted by atomic mass is 32.1. The number of rotatable bonds is 5. The maximum Gasteiger partial charge on any atom is 0.250 e. The molecule has 2 nitrogen and oxygen atoms in total. The number of alkyl halides is 2. The van der Waals surface area contributed by atoms with Crippen molar-refractivity contribution in [3.8, 4) is 0 Å². The standard InChI is InChI=1S/C8H12F2N2S/c1-2-8-12-4-6(13-8)3-11-5-7(9)10/h4,7,11H,2-3,5H2,1H3. The van der Waals surface area contributed by atoms with Gasteiger partial charge in [-0.15, -0.1) is 11.3 Å². The number of aryl methyl sites for hydroxylation is 1. The van der Waals surface area contributed by atoms with Crippen molar-refractivity contribution in [2.24, 2.45) is 0 Å². The number of nitrogens with one attached hydrogen (secondary N) is 1. The molecule has 1 N–H and O–H groups in total. The molecule has 0 aromatic carbocycles. The lowest BCUT2D eigenvalue weighted by atomic mass is 10.5. The average Bonchev–Trinajstić information content (AvgIpc) is 2.52. The number of thiazole rings is 1. The summed E-state index contributed by atoms with van der Waals surface area (Å²) >= 11 is 1.57. The molecule has 0 aliphatic heterocycles. The molecule has 0 radical (unpaired) electrons. The molecule has 1 rings (SSSR count). The normalized spacial score (nSPS) is 11.1. The second-order valence-corrected chi connectivity index (χ2v) is 3.80. The van der Waals surface area contributed by atoms with E-state index in [4.69, 9.17) is 0 Å². The third kappa shape index (κ3) is 3.78. The van der Waals surface area contributed by atoms with Crippen LogP contribution in [0.1, 0.15) is 16.8 Å². The number of hydrogen-bond acceptors (Lipinski definition) is 3. The second-order valence-electron chi connectivity index (χ2n) is 2.60. The van der Waals surface area contributed by atoms with E-state index in [1.807, 2.05) is 6.92 Å². The molecule has 0 atom stereocenters. The topological polar surface area (TPSA) is 24.9 Å². The molecule has 0 bridgehead atoms. The van der Waals surface area contributed by atoms with Gasteiger partial charge in [-0.1, -0.05) is 6.92 Å². The molecule has 0 saturated carbocycles. The number of halogens is 2. The lowest BCUT2D eigenvalue weighted by Crippen LogP contribution is -2.19. The van der Waals surface area contributed by atoms with E-state index in [2.05, 4.69) is 10.3 Å². The highest BCUT2D eigenvalue weighted by molar-refractivity contribution is 7.11. The molecule has 1 heterocycles. The van der Waals surface area contributed by atoms with Gasteiger partial charge in [-0.2, -0.15) is 0 Å². The molecule has 0 unspecified atom stereocenters. The zero-order chi connectivity index (χ0) is 9.68. The van der Waals surface area contributed by atoms with E-state index in [1.54, 1.807) is 17.5 Å². The Labute approximate surface area is 80.0 Å². The Morgan fingerprint density at radius 2 is 2.38 bits per heavy atom. The monoisotopic (exact) mass is 206 g/mol. The molecule has 0 aliphatic carbocycles. The predicted octanol–water partition coefficient (Wildman–Crippen LogP) is 2.06. The first-order valence-corrected chi connectivity index (χ1v) is 4.96. The van der Waals surface area contributed by atoms with Gasteiger partial charge in [0.05, 0.1) is 11.6 Å². The highest BCUT2D eigenvalue weighted by Crippen LogP contribution is 2.12. The summed E-state index contributed by atoms with van der Waals surface area (Å²) in [7, 11) is 0. The average molecular weight is 206 g/mol. The van der Waals surface area contributed by atoms with Crippen LogP contribution in [0.5, 0.6) is 0 Å².